The normalized spacial score (nSPS) is 17.9. The molecule has 0 bridgehead atoms. The minimum atomic E-state index is 0.135. The van der Waals surface area contributed by atoms with E-state index >= 15 is 0 Å². The summed E-state index contributed by atoms with van der Waals surface area (Å²) in [5, 5.41) is 3.48. The minimum Gasteiger partial charge on any atom is -0.468 e. The van der Waals surface area contributed by atoms with Crippen LogP contribution in [0, 0.1) is 0 Å². The third kappa shape index (κ3) is 4.93. The SMILES string of the molecule is CN(Cc1cc(CNC(C)(C)C)co1)C1CCOCC1. The van der Waals surface area contributed by atoms with Gasteiger partial charge in [-0.25, -0.2) is 0 Å². The van der Waals surface area contributed by atoms with Gasteiger partial charge in [0.15, 0.2) is 0 Å². The zero-order chi connectivity index (χ0) is 14.6. The molecule has 1 aromatic rings. The lowest BCUT2D eigenvalue weighted by molar-refractivity contribution is 0.0387. The van der Waals surface area contributed by atoms with Gasteiger partial charge in [-0.15, -0.1) is 0 Å². The molecule has 1 saturated heterocycles. The summed E-state index contributed by atoms with van der Waals surface area (Å²) in [6.45, 7) is 10.0. The fraction of sp³-hybridized carbons (Fsp3) is 0.750. The second kappa shape index (κ2) is 6.74. The topological polar surface area (TPSA) is 37.6 Å². The number of hydrogen-bond acceptors (Lipinski definition) is 4. The quantitative estimate of drug-likeness (QED) is 0.900. The van der Waals surface area contributed by atoms with Crippen molar-refractivity contribution in [2.75, 3.05) is 20.3 Å². The Morgan fingerprint density at radius 3 is 2.65 bits per heavy atom. The van der Waals surface area contributed by atoms with Crippen molar-refractivity contribution in [1.29, 1.82) is 0 Å². The van der Waals surface area contributed by atoms with E-state index in [9.17, 15) is 0 Å². The number of hydrogen-bond donors (Lipinski definition) is 1. The molecule has 0 aromatic carbocycles. The summed E-state index contributed by atoms with van der Waals surface area (Å²) in [4.78, 5) is 2.38. The predicted octanol–water partition coefficient (Wildman–Crippen LogP) is 2.78. The number of nitrogens with zero attached hydrogens (tertiary/aromatic N) is 1. The molecule has 0 atom stereocenters. The smallest absolute Gasteiger partial charge is 0.118 e. The maximum atomic E-state index is 5.68. The first-order valence-corrected chi connectivity index (χ1v) is 7.53. The van der Waals surface area contributed by atoms with E-state index < -0.39 is 0 Å². The predicted molar refractivity (Wildman–Crippen MR) is 80.6 cm³/mol. The third-order valence-electron chi connectivity index (χ3n) is 3.75. The molecule has 0 aliphatic carbocycles. The van der Waals surface area contributed by atoms with Crippen molar-refractivity contribution in [2.45, 2.75) is 58.3 Å². The Labute approximate surface area is 122 Å². The Morgan fingerprint density at radius 1 is 1.30 bits per heavy atom. The van der Waals surface area contributed by atoms with Gasteiger partial charge < -0.3 is 14.5 Å². The van der Waals surface area contributed by atoms with E-state index in [1.807, 2.05) is 6.26 Å². The molecular weight excluding hydrogens is 252 g/mol. The summed E-state index contributed by atoms with van der Waals surface area (Å²) in [5.41, 5.74) is 1.35. The standard InChI is InChI=1S/C16H28N2O2/c1-16(2,3)17-10-13-9-15(20-12-13)11-18(4)14-5-7-19-8-6-14/h9,12,14,17H,5-8,10-11H2,1-4H3. The molecular formula is C16H28N2O2. The molecule has 1 fully saturated rings. The van der Waals surface area contributed by atoms with Gasteiger partial charge in [0, 0.05) is 36.9 Å². The molecule has 1 aromatic heterocycles. The van der Waals surface area contributed by atoms with Gasteiger partial charge in [-0.1, -0.05) is 0 Å². The van der Waals surface area contributed by atoms with E-state index in [-0.39, 0.29) is 5.54 Å². The Kier molecular flexibility index (Phi) is 5.24. The minimum absolute atomic E-state index is 0.135. The second-order valence-corrected chi connectivity index (χ2v) is 6.78. The molecule has 1 N–H and O–H groups in total. The maximum absolute atomic E-state index is 5.68. The average molecular weight is 280 g/mol. The highest BCUT2D eigenvalue weighted by Crippen LogP contribution is 2.17. The van der Waals surface area contributed by atoms with Crippen LogP contribution in [0.3, 0.4) is 0 Å². The molecule has 0 spiro atoms. The highest BCUT2D eigenvalue weighted by molar-refractivity contribution is 5.13. The Hall–Kier alpha value is -0.840. The van der Waals surface area contributed by atoms with Gasteiger partial charge in [-0.3, -0.25) is 4.90 Å². The van der Waals surface area contributed by atoms with E-state index in [0.717, 1.165) is 44.9 Å². The van der Waals surface area contributed by atoms with Crippen LogP contribution in [-0.2, 0) is 17.8 Å². The molecule has 4 heteroatoms. The fourth-order valence-corrected chi connectivity index (χ4v) is 2.47. The van der Waals surface area contributed by atoms with Crippen molar-refractivity contribution < 1.29 is 9.15 Å². The van der Waals surface area contributed by atoms with Crippen LogP contribution < -0.4 is 5.32 Å². The number of rotatable bonds is 5. The lowest BCUT2D eigenvalue weighted by atomic mass is 10.1. The zero-order valence-corrected chi connectivity index (χ0v) is 13.2. The van der Waals surface area contributed by atoms with E-state index in [1.54, 1.807) is 0 Å². The summed E-state index contributed by atoms with van der Waals surface area (Å²) in [6.07, 6.45) is 4.11. The third-order valence-corrected chi connectivity index (χ3v) is 3.75. The molecule has 0 amide bonds. The van der Waals surface area contributed by atoms with Crippen LogP contribution in [0.5, 0.6) is 0 Å². The van der Waals surface area contributed by atoms with Gasteiger partial charge in [0.25, 0.3) is 0 Å². The van der Waals surface area contributed by atoms with Crippen LogP contribution in [0.25, 0.3) is 0 Å². The maximum Gasteiger partial charge on any atom is 0.118 e. The van der Waals surface area contributed by atoms with Gasteiger partial charge in [-0.2, -0.15) is 0 Å². The molecule has 2 heterocycles. The van der Waals surface area contributed by atoms with Crippen LogP contribution in [0.2, 0.25) is 0 Å². The summed E-state index contributed by atoms with van der Waals surface area (Å²) < 4.78 is 11.1. The van der Waals surface area contributed by atoms with E-state index in [0.29, 0.717) is 6.04 Å². The van der Waals surface area contributed by atoms with Gasteiger partial charge in [-0.05, 0) is 46.7 Å². The number of furan rings is 1. The van der Waals surface area contributed by atoms with Crippen molar-refractivity contribution in [3.63, 3.8) is 0 Å². The molecule has 4 nitrogen and oxygen atoms in total. The lowest BCUT2D eigenvalue weighted by Crippen LogP contribution is -2.36. The first-order valence-electron chi connectivity index (χ1n) is 7.53. The first-order chi connectivity index (χ1) is 9.44. The molecule has 0 radical (unpaired) electrons. The van der Waals surface area contributed by atoms with Crippen molar-refractivity contribution in [3.8, 4) is 0 Å². The van der Waals surface area contributed by atoms with Gasteiger partial charge in [0.05, 0.1) is 12.8 Å². The fourth-order valence-electron chi connectivity index (χ4n) is 2.47. The van der Waals surface area contributed by atoms with Crippen LogP contribution in [-0.4, -0.2) is 36.7 Å². The summed E-state index contributed by atoms with van der Waals surface area (Å²) in [7, 11) is 2.17. The van der Waals surface area contributed by atoms with Crippen LogP contribution >= 0.6 is 0 Å². The van der Waals surface area contributed by atoms with Crippen molar-refractivity contribution >= 4 is 0 Å². The molecule has 0 unspecified atom stereocenters. The Bertz CT molecular complexity index is 403. The Morgan fingerprint density at radius 2 is 2.00 bits per heavy atom. The number of nitrogens with one attached hydrogen (secondary N) is 1. The van der Waals surface area contributed by atoms with Crippen LogP contribution in [0.15, 0.2) is 16.7 Å². The lowest BCUT2D eigenvalue weighted by Gasteiger charge is -2.30. The molecule has 0 saturated carbocycles. The molecule has 1 aliphatic heterocycles. The molecule has 20 heavy (non-hydrogen) atoms. The highest BCUT2D eigenvalue weighted by atomic mass is 16.5. The summed E-state index contributed by atoms with van der Waals surface area (Å²) in [5.74, 6) is 1.05. The monoisotopic (exact) mass is 280 g/mol. The number of ether oxygens (including phenoxy) is 1. The first kappa shape index (κ1) is 15.5. The van der Waals surface area contributed by atoms with Gasteiger partial charge >= 0.3 is 0 Å². The van der Waals surface area contributed by atoms with E-state index in [4.69, 9.17) is 9.15 Å². The van der Waals surface area contributed by atoms with Crippen LogP contribution in [0.1, 0.15) is 44.9 Å². The van der Waals surface area contributed by atoms with Crippen molar-refractivity contribution in [3.05, 3.63) is 23.7 Å². The van der Waals surface area contributed by atoms with Crippen LogP contribution in [0.4, 0.5) is 0 Å². The Balaban J connectivity index is 1.82. The molecule has 1 aliphatic rings. The summed E-state index contributed by atoms with van der Waals surface area (Å²) in [6, 6.07) is 2.78. The van der Waals surface area contributed by atoms with E-state index in [1.165, 1.54) is 5.56 Å². The van der Waals surface area contributed by atoms with Crippen molar-refractivity contribution in [2.24, 2.45) is 0 Å². The highest BCUT2D eigenvalue weighted by Gasteiger charge is 2.19. The second-order valence-electron chi connectivity index (χ2n) is 6.78. The molecule has 2 rings (SSSR count). The van der Waals surface area contributed by atoms with Gasteiger partial charge in [0.1, 0.15) is 5.76 Å². The zero-order valence-electron chi connectivity index (χ0n) is 13.2. The summed E-state index contributed by atoms with van der Waals surface area (Å²) >= 11 is 0. The average Bonchev–Trinajstić information content (AvgIpc) is 2.84. The molecule has 114 valence electrons. The van der Waals surface area contributed by atoms with Gasteiger partial charge in [0.2, 0.25) is 0 Å². The largest absolute Gasteiger partial charge is 0.468 e. The van der Waals surface area contributed by atoms with E-state index in [2.05, 4.69) is 44.1 Å². The van der Waals surface area contributed by atoms with Crippen molar-refractivity contribution in [1.82, 2.24) is 10.2 Å².